The summed E-state index contributed by atoms with van der Waals surface area (Å²) in [6.45, 7) is 2.71. The highest BCUT2D eigenvalue weighted by Gasteiger charge is 2.17. The smallest absolute Gasteiger partial charge is 0.228 e. The van der Waals surface area contributed by atoms with Gasteiger partial charge in [0, 0.05) is 0 Å². The van der Waals surface area contributed by atoms with E-state index in [4.69, 9.17) is 10.5 Å². The van der Waals surface area contributed by atoms with E-state index in [1.54, 1.807) is 6.20 Å². The van der Waals surface area contributed by atoms with Gasteiger partial charge in [-0.2, -0.15) is 0 Å². The number of halogens is 1. The van der Waals surface area contributed by atoms with Crippen LogP contribution in [0.4, 0.5) is 5.69 Å². The topological polar surface area (TPSA) is 48.1 Å². The summed E-state index contributed by atoms with van der Waals surface area (Å²) < 4.78 is 6.54. The number of hydrogen-bond donors (Lipinski definition) is 1. The van der Waals surface area contributed by atoms with Crippen LogP contribution in [0.1, 0.15) is 31.2 Å². The Morgan fingerprint density at radius 2 is 2.31 bits per heavy atom. The number of pyridine rings is 1. The summed E-state index contributed by atoms with van der Waals surface area (Å²) in [4.78, 5) is 4.19. The van der Waals surface area contributed by atoms with Crippen molar-refractivity contribution >= 4 is 21.6 Å². The summed E-state index contributed by atoms with van der Waals surface area (Å²) in [7, 11) is 0. The molecule has 2 rings (SSSR count). The van der Waals surface area contributed by atoms with Crippen molar-refractivity contribution in [1.29, 1.82) is 0 Å². The molecule has 1 saturated carbocycles. The monoisotopic (exact) mass is 284 g/mol. The van der Waals surface area contributed by atoms with Gasteiger partial charge in [-0.25, -0.2) is 4.98 Å². The first kappa shape index (κ1) is 11.7. The van der Waals surface area contributed by atoms with Gasteiger partial charge in [0.1, 0.15) is 0 Å². The highest BCUT2D eigenvalue weighted by atomic mass is 79.9. The average molecular weight is 285 g/mol. The maximum atomic E-state index is 5.75. The van der Waals surface area contributed by atoms with Gasteiger partial charge in [-0.1, -0.05) is 19.3 Å². The Kier molecular flexibility index (Phi) is 3.69. The van der Waals surface area contributed by atoms with E-state index >= 15 is 0 Å². The van der Waals surface area contributed by atoms with Crippen LogP contribution in [0.25, 0.3) is 0 Å². The lowest BCUT2D eigenvalue weighted by molar-refractivity contribution is 0.216. The zero-order valence-corrected chi connectivity index (χ0v) is 11.1. The van der Waals surface area contributed by atoms with Gasteiger partial charge in [-0.3, -0.25) is 0 Å². The third kappa shape index (κ3) is 2.48. The molecule has 1 aliphatic rings. The molecule has 4 heteroatoms. The molecular weight excluding hydrogens is 268 g/mol. The Labute approximate surface area is 105 Å². The molecule has 0 radical (unpaired) electrons. The molecule has 1 heterocycles. The van der Waals surface area contributed by atoms with Crippen LogP contribution in [-0.4, -0.2) is 11.6 Å². The molecule has 0 atom stereocenters. The summed E-state index contributed by atoms with van der Waals surface area (Å²) in [5.74, 6) is 1.53. The van der Waals surface area contributed by atoms with E-state index in [-0.39, 0.29) is 0 Å². The molecule has 88 valence electrons. The molecule has 0 aliphatic heterocycles. The summed E-state index contributed by atoms with van der Waals surface area (Å²) in [6, 6.07) is 0. The van der Waals surface area contributed by atoms with Gasteiger partial charge in [0.05, 0.1) is 23.0 Å². The fourth-order valence-electron chi connectivity index (χ4n) is 1.77. The first-order valence-electron chi connectivity index (χ1n) is 5.72. The zero-order chi connectivity index (χ0) is 11.5. The highest BCUT2D eigenvalue weighted by Crippen LogP contribution is 2.31. The number of rotatable bonds is 4. The molecular formula is C12H17BrN2O. The van der Waals surface area contributed by atoms with E-state index in [2.05, 4.69) is 20.9 Å². The van der Waals surface area contributed by atoms with Gasteiger partial charge in [0.15, 0.2) is 0 Å². The van der Waals surface area contributed by atoms with Crippen molar-refractivity contribution in [2.45, 2.75) is 32.6 Å². The molecule has 1 aliphatic carbocycles. The van der Waals surface area contributed by atoms with Crippen LogP contribution in [-0.2, 0) is 0 Å². The number of nitrogens with two attached hydrogens (primary N) is 1. The summed E-state index contributed by atoms with van der Waals surface area (Å²) >= 11 is 3.46. The second-order valence-corrected chi connectivity index (χ2v) is 5.18. The van der Waals surface area contributed by atoms with Crippen LogP contribution < -0.4 is 10.5 Å². The Balaban J connectivity index is 1.90. The van der Waals surface area contributed by atoms with Crippen LogP contribution in [0.3, 0.4) is 0 Å². The quantitative estimate of drug-likeness (QED) is 0.923. The van der Waals surface area contributed by atoms with Crippen molar-refractivity contribution in [3.8, 4) is 5.88 Å². The lowest BCUT2D eigenvalue weighted by Crippen LogP contribution is -2.15. The van der Waals surface area contributed by atoms with E-state index in [0.29, 0.717) is 11.6 Å². The Hall–Kier alpha value is -0.770. The molecule has 1 aromatic rings. The second-order valence-electron chi connectivity index (χ2n) is 4.39. The van der Waals surface area contributed by atoms with Crippen LogP contribution in [0.15, 0.2) is 10.7 Å². The largest absolute Gasteiger partial charge is 0.477 e. The van der Waals surface area contributed by atoms with Crippen LogP contribution in [0.5, 0.6) is 5.88 Å². The SMILES string of the molecule is Cc1c(N)cnc(OCCC2CCC2)c1Br. The molecule has 0 amide bonds. The first-order valence-corrected chi connectivity index (χ1v) is 6.51. The third-order valence-electron chi connectivity index (χ3n) is 3.26. The van der Waals surface area contributed by atoms with Crippen molar-refractivity contribution in [3.63, 3.8) is 0 Å². The maximum absolute atomic E-state index is 5.75. The Morgan fingerprint density at radius 1 is 1.56 bits per heavy atom. The predicted molar refractivity (Wildman–Crippen MR) is 68.5 cm³/mol. The normalized spacial score (nSPS) is 15.9. The van der Waals surface area contributed by atoms with E-state index in [9.17, 15) is 0 Å². The number of ether oxygens (including phenoxy) is 1. The van der Waals surface area contributed by atoms with Gasteiger partial charge < -0.3 is 10.5 Å². The molecule has 2 N–H and O–H groups in total. The number of nitrogens with zero attached hydrogens (tertiary/aromatic N) is 1. The highest BCUT2D eigenvalue weighted by molar-refractivity contribution is 9.10. The molecule has 0 spiro atoms. The van der Waals surface area contributed by atoms with E-state index < -0.39 is 0 Å². The fraction of sp³-hybridized carbons (Fsp3) is 0.583. The van der Waals surface area contributed by atoms with Crippen molar-refractivity contribution in [3.05, 3.63) is 16.2 Å². The molecule has 0 unspecified atom stereocenters. The summed E-state index contributed by atoms with van der Waals surface area (Å²) in [5.41, 5.74) is 7.44. The molecule has 0 saturated heterocycles. The Bertz CT molecular complexity index is 378. The molecule has 16 heavy (non-hydrogen) atoms. The van der Waals surface area contributed by atoms with E-state index in [1.807, 2.05) is 6.92 Å². The van der Waals surface area contributed by atoms with Crippen molar-refractivity contribution in [2.24, 2.45) is 5.92 Å². The molecule has 1 fully saturated rings. The lowest BCUT2D eigenvalue weighted by Gasteiger charge is -2.25. The second kappa shape index (κ2) is 5.04. The zero-order valence-electron chi connectivity index (χ0n) is 9.50. The molecule has 3 nitrogen and oxygen atoms in total. The molecule has 0 bridgehead atoms. The minimum atomic E-state index is 0.658. The van der Waals surface area contributed by atoms with Gasteiger partial charge in [-0.15, -0.1) is 0 Å². The molecule has 1 aromatic heterocycles. The van der Waals surface area contributed by atoms with Crippen LogP contribution in [0.2, 0.25) is 0 Å². The fourth-order valence-corrected chi connectivity index (χ4v) is 2.22. The maximum Gasteiger partial charge on any atom is 0.228 e. The number of aromatic nitrogens is 1. The van der Waals surface area contributed by atoms with Crippen molar-refractivity contribution < 1.29 is 4.74 Å². The number of hydrogen-bond acceptors (Lipinski definition) is 3. The van der Waals surface area contributed by atoms with E-state index in [1.165, 1.54) is 19.3 Å². The summed E-state index contributed by atoms with van der Waals surface area (Å²) in [5, 5.41) is 0. The Morgan fingerprint density at radius 3 is 2.94 bits per heavy atom. The van der Waals surface area contributed by atoms with E-state index in [0.717, 1.165) is 29.0 Å². The number of anilines is 1. The van der Waals surface area contributed by atoms with Gasteiger partial charge in [0.25, 0.3) is 0 Å². The van der Waals surface area contributed by atoms with Gasteiger partial charge >= 0.3 is 0 Å². The first-order chi connectivity index (χ1) is 7.68. The average Bonchev–Trinajstić information content (AvgIpc) is 2.21. The summed E-state index contributed by atoms with van der Waals surface area (Å²) in [6.07, 6.45) is 6.89. The van der Waals surface area contributed by atoms with Gasteiger partial charge in [0.2, 0.25) is 5.88 Å². The minimum Gasteiger partial charge on any atom is -0.477 e. The van der Waals surface area contributed by atoms with Crippen LogP contribution >= 0.6 is 15.9 Å². The lowest BCUT2D eigenvalue weighted by atomic mass is 9.83. The standard InChI is InChI=1S/C12H17BrN2O/c1-8-10(14)7-15-12(11(8)13)16-6-5-9-3-2-4-9/h7,9H,2-6,14H2,1H3. The predicted octanol–water partition coefficient (Wildman–Crippen LogP) is 3.30. The van der Waals surface area contributed by atoms with Crippen molar-refractivity contribution in [2.75, 3.05) is 12.3 Å². The molecule has 0 aromatic carbocycles. The van der Waals surface area contributed by atoms with Crippen LogP contribution in [0, 0.1) is 12.8 Å². The van der Waals surface area contributed by atoms with Crippen molar-refractivity contribution in [1.82, 2.24) is 4.98 Å². The number of nitrogen functional groups attached to an aromatic ring is 1. The van der Waals surface area contributed by atoms with Gasteiger partial charge in [-0.05, 0) is 40.8 Å². The minimum absolute atomic E-state index is 0.658. The third-order valence-corrected chi connectivity index (χ3v) is 4.19.